The Morgan fingerprint density at radius 3 is 2.38 bits per heavy atom. The largest absolute Gasteiger partial charge is 0.377 e. The fourth-order valence-electron chi connectivity index (χ4n) is 4.13. The quantitative estimate of drug-likeness (QED) is 0.847. The third-order valence-corrected chi connectivity index (χ3v) is 5.31. The van der Waals surface area contributed by atoms with Gasteiger partial charge in [-0.05, 0) is 25.7 Å². The Balaban J connectivity index is 0.00000220. The third-order valence-electron chi connectivity index (χ3n) is 5.31. The lowest BCUT2D eigenvalue weighted by atomic mass is 9.46. The zero-order valence-corrected chi connectivity index (χ0v) is 14.7. The summed E-state index contributed by atoms with van der Waals surface area (Å²) in [5.41, 5.74) is 5.65. The molecule has 4 nitrogen and oxygen atoms in total. The van der Waals surface area contributed by atoms with E-state index < -0.39 is 5.54 Å². The molecule has 2 rings (SSSR count). The van der Waals surface area contributed by atoms with Gasteiger partial charge < -0.3 is 15.4 Å². The van der Waals surface area contributed by atoms with Crippen LogP contribution < -0.4 is 5.73 Å². The summed E-state index contributed by atoms with van der Waals surface area (Å²) in [5, 5.41) is 0. The van der Waals surface area contributed by atoms with Gasteiger partial charge in [-0.2, -0.15) is 0 Å². The molecule has 0 aromatic carbocycles. The molecule has 0 aromatic heterocycles. The number of fused-ring (bicyclic) bond motifs is 1. The molecule has 124 valence electrons. The normalized spacial score (nSPS) is 33.4. The average molecular weight is 319 g/mol. The number of amides is 1. The van der Waals surface area contributed by atoms with E-state index >= 15 is 0 Å². The fourth-order valence-corrected chi connectivity index (χ4v) is 4.13. The smallest absolute Gasteiger partial charge is 0.243 e. The Hall–Kier alpha value is -0.320. The highest BCUT2D eigenvalue weighted by Gasteiger charge is 2.70. The second-order valence-electron chi connectivity index (χ2n) is 6.92. The van der Waals surface area contributed by atoms with Gasteiger partial charge in [-0.1, -0.05) is 27.7 Å². The Morgan fingerprint density at radius 2 is 1.86 bits per heavy atom. The lowest BCUT2D eigenvalue weighted by Crippen LogP contribution is -2.82. The molecule has 1 aliphatic heterocycles. The van der Waals surface area contributed by atoms with E-state index in [0.29, 0.717) is 0 Å². The van der Waals surface area contributed by atoms with E-state index in [2.05, 4.69) is 27.7 Å². The summed E-state index contributed by atoms with van der Waals surface area (Å²) in [7, 11) is 0. The molecule has 1 aliphatic carbocycles. The molecule has 0 spiro atoms. The summed E-state index contributed by atoms with van der Waals surface area (Å²) < 4.78 is 5.89. The van der Waals surface area contributed by atoms with E-state index in [-0.39, 0.29) is 35.8 Å². The minimum atomic E-state index is -0.748. The summed E-state index contributed by atoms with van der Waals surface area (Å²) in [6.07, 6.45) is 4.14. The molecule has 1 saturated carbocycles. The van der Waals surface area contributed by atoms with Crippen LogP contribution in [0, 0.1) is 11.3 Å². The lowest BCUT2D eigenvalue weighted by molar-refractivity contribution is -0.230. The molecule has 2 aliphatic rings. The molecule has 21 heavy (non-hydrogen) atoms. The molecule has 0 bridgehead atoms. The zero-order valence-electron chi connectivity index (χ0n) is 13.9. The van der Waals surface area contributed by atoms with Crippen molar-refractivity contribution in [2.24, 2.45) is 17.1 Å². The van der Waals surface area contributed by atoms with Crippen LogP contribution in [0.5, 0.6) is 0 Å². The Bertz CT molecular complexity index is 369. The standard InChI is InChI=1S/C16H30N2O2.ClH/c1-5-9-18(10-6-2)14(19)16(17)12-8-7-11-20-13(12)15(16,3)4;/h12-13H,5-11,17H2,1-4H3;1H. The van der Waals surface area contributed by atoms with E-state index in [1.54, 1.807) is 0 Å². The minimum Gasteiger partial charge on any atom is -0.377 e. The molecular formula is C16H31ClN2O2. The van der Waals surface area contributed by atoms with Crippen LogP contribution in [0.1, 0.15) is 53.4 Å². The molecule has 0 radical (unpaired) electrons. The van der Waals surface area contributed by atoms with Gasteiger partial charge in [-0.3, -0.25) is 4.79 Å². The molecular weight excluding hydrogens is 288 g/mol. The lowest BCUT2D eigenvalue weighted by Gasteiger charge is -2.65. The summed E-state index contributed by atoms with van der Waals surface area (Å²) in [4.78, 5) is 15.0. The number of hydrogen-bond donors (Lipinski definition) is 1. The maximum Gasteiger partial charge on any atom is 0.243 e. The first-order valence-electron chi connectivity index (χ1n) is 8.11. The maximum atomic E-state index is 13.0. The van der Waals surface area contributed by atoms with Crippen molar-refractivity contribution < 1.29 is 9.53 Å². The van der Waals surface area contributed by atoms with Crippen molar-refractivity contribution in [2.45, 2.75) is 65.0 Å². The van der Waals surface area contributed by atoms with Crippen molar-refractivity contribution >= 4 is 18.3 Å². The predicted octanol–water partition coefficient (Wildman–Crippen LogP) is 2.59. The predicted molar refractivity (Wildman–Crippen MR) is 87.6 cm³/mol. The van der Waals surface area contributed by atoms with Gasteiger partial charge in [0.1, 0.15) is 5.54 Å². The Kier molecular flexibility index (Phi) is 6.10. The number of carbonyl (C=O) groups is 1. The average Bonchev–Trinajstić information content (AvgIpc) is 2.45. The number of rotatable bonds is 5. The van der Waals surface area contributed by atoms with Crippen LogP contribution in [-0.2, 0) is 9.53 Å². The van der Waals surface area contributed by atoms with Crippen molar-refractivity contribution in [2.75, 3.05) is 19.7 Å². The van der Waals surface area contributed by atoms with Crippen LogP contribution in [0.15, 0.2) is 0 Å². The molecule has 2 N–H and O–H groups in total. The highest BCUT2D eigenvalue weighted by atomic mass is 35.5. The molecule has 3 unspecified atom stereocenters. The van der Waals surface area contributed by atoms with Gasteiger partial charge in [0.25, 0.3) is 0 Å². The van der Waals surface area contributed by atoms with Gasteiger partial charge in [-0.15, -0.1) is 12.4 Å². The molecule has 1 amide bonds. The van der Waals surface area contributed by atoms with Crippen LogP contribution in [0.25, 0.3) is 0 Å². The number of ether oxygens (including phenoxy) is 1. The fraction of sp³-hybridized carbons (Fsp3) is 0.938. The van der Waals surface area contributed by atoms with E-state index in [4.69, 9.17) is 10.5 Å². The zero-order chi connectivity index (χ0) is 15.0. The Labute approximate surface area is 135 Å². The molecule has 1 heterocycles. The van der Waals surface area contributed by atoms with Crippen molar-refractivity contribution in [3.05, 3.63) is 0 Å². The molecule has 3 atom stereocenters. The van der Waals surface area contributed by atoms with Crippen molar-refractivity contribution in [1.29, 1.82) is 0 Å². The third kappa shape index (κ3) is 2.71. The van der Waals surface area contributed by atoms with E-state index in [0.717, 1.165) is 45.4 Å². The highest BCUT2D eigenvalue weighted by Crippen LogP contribution is 2.57. The van der Waals surface area contributed by atoms with Gasteiger partial charge in [0.2, 0.25) is 5.91 Å². The van der Waals surface area contributed by atoms with Crippen LogP contribution >= 0.6 is 12.4 Å². The number of nitrogens with two attached hydrogens (primary N) is 1. The van der Waals surface area contributed by atoms with E-state index in [1.165, 1.54) is 0 Å². The van der Waals surface area contributed by atoms with Gasteiger partial charge >= 0.3 is 0 Å². The first-order valence-corrected chi connectivity index (χ1v) is 8.11. The monoisotopic (exact) mass is 318 g/mol. The topological polar surface area (TPSA) is 55.6 Å². The summed E-state index contributed by atoms with van der Waals surface area (Å²) in [6.45, 7) is 10.8. The molecule has 0 aromatic rings. The molecule has 5 heteroatoms. The first-order chi connectivity index (χ1) is 9.41. The summed E-state index contributed by atoms with van der Waals surface area (Å²) in [5.74, 6) is 0.327. The van der Waals surface area contributed by atoms with Crippen LogP contribution in [0.2, 0.25) is 0 Å². The second kappa shape index (κ2) is 6.84. The van der Waals surface area contributed by atoms with E-state index in [9.17, 15) is 4.79 Å². The van der Waals surface area contributed by atoms with Gasteiger partial charge in [-0.25, -0.2) is 0 Å². The Morgan fingerprint density at radius 1 is 1.29 bits per heavy atom. The number of hydrogen-bond acceptors (Lipinski definition) is 3. The number of nitrogens with zero attached hydrogens (tertiary/aromatic N) is 1. The second-order valence-corrected chi connectivity index (χ2v) is 6.92. The van der Waals surface area contributed by atoms with Crippen molar-refractivity contribution in [1.82, 2.24) is 4.90 Å². The first kappa shape index (κ1) is 18.7. The van der Waals surface area contributed by atoms with E-state index in [1.807, 2.05) is 4.90 Å². The molecule has 2 fully saturated rings. The van der Waals surface area contributed by atoms with Crippen LogP contribution in [0.4, 0.5) is 0 Å². The maximum absolute atomic E-state index is 13.0. The SMILES string of the molecule is CCCN(CCC)C(=O)C1(N)C2CCCOC2C1(C)C.Cl. The summed E-state index contributed by atoms with van der Waals surface area (Å²) >= 11 is 0. The van der Waals surface area contributed by atoms with Gasteiger partial charge in [0.05, 0.1) is 6.10 Å². The molecule has 1 saturated heterocycles. The van der Waals surface area contributed by atoms with Crippen LogP contribution in [-0.4, -0.2) is 42.1 Å². The number of halogens is 1. The van der Waals surface area contributed by atoms with Gasteiger partial charge in [0, 0.05) is 31.0 Å². The minimum absolute atomic E-state index is 0. The van der Waals surface area contributed by atoms with Crippen LogP contribution in [0.3, 0.4) is 0 Å². The van der Waals surface area contributed by atoms with Crippen molar-refractivity contribution in [3.63, 3.8) is 0 Å². The number of carbonyl (C=O) groups excluding carboxylic acids is 1. The summed E-state index contributed by atoms with van der Waals surface area (Å²) in [6, 6.07) is 0. The van der Waals surface area contributed by atoms with Gasteiger partial charge in [0.15, 0.2) is 0 Å². The van der Waals surface area contributed by atoms with Crippen molar-refractivity contribution in [3.8, 4) is 0 Å². The highest BCUT2D eigenvalue weighted by molar-refractivity contribution is 5.89.